The average Bonchev–Trinajstić information content (AvgIpc) is 2.70. The fraction of sp³-hybridized carbons (Fsp3) is 0.417. The molecule has 96 valence electrons. The van der Waals surface area contributed by atoms with Crippen LogP contribution in [-0.2, 0) is 14.6 Å². The van der Waals surface area contributed by atoms with Gasteiger partial charge in [-0.25, -0.2) is 8.42 Å². The molecule has 0 N–H and O–H groups in total. The molecule has 0 aliphatic carbocycles. The van der Waals surface area contributed by atoms with Crippen molar-refractivity contribution >= 4 is 37.4 Å². The van der Waals surface area contributed by atoms with Crippen LogP contribution in [0.15, 0.2) is 28.7 Å². The van der Waals surface area contributed by atoms with Gasteiger partial charge in [0, 0.05) is 22.5 Å². The molecule has 2 saturated heterocycles. The number of nitrogens with zero attached hydrogens (tertiary/aromatic N) is 1. The first-order chi connectivity index (χ1) is 8.46. The highest BCUT2D eigenvalue weighted by Gasteiger charge is 2.49. The number of hydrogen-bond donors (Lipinski definition) is 0. The minimum atomic E-state index is -2.98. The van der Waals surface area contributed by atoms with E-state index in [4.69, 9.17) is 0 Å². The van der Waals surface area contributed by atoms with Gasteiger partial charge in [0.2, 0.25) is 5.91 Å². The molecular weight excluding hydrogens is 318 g/mol. The summed E-state index contributed by atoms with van der Waals surface area (Å²) in [4.78, 5) is 13.7. The van der Waals surface area contributed by atoms with Gasteiger partial charge < -0.3 is 4.90 Å². The van der Waals surface area contributed by atoms with E-state index in [1.54, 1.807) is 4.90 Å². The lowest BCUT2D eigenvalue weighted by Gasteiger charge is -2.23. The van der Waals surface area contributed by atoms with Crippen LogP contribution >= 0.6 is 15.9 Å². The standard InChI is InChI=1S/C12H12BrNO3S/c13-9-1-3-10(4-2-9)14-11-7-18(16,17)6-8(11)5-12(14)15/h1-4,8,11H,5-7H2/t8-,11-/m0/s1. The van der Waals surface area contributed by atoms with Crippen LogP contribution in [0.5, 0.6) is 0 Å². The quantitative estimate of drug-likeness (QED) is 0.786. The number of anilines is 1. The zero-order valence-electron chi connectivity index (χ0n) is 9.54. The lowest BCUT2D eigenvalue weighted by Crippen LogP contribution is -2.36. The van der Waals surface area contributed by atoms with E-state index < -0.39 is 9.84 Å². The van der Waals surface area contributed by atoms with Crippen LogP contribution in [0.3, 0.4) is 0 Å². The van der Waals surface area contributed by atoms with Crippen LogP contribution in [0.2, 0.25) is 0 Å². The summed E-state index contributed by atoms with van der Waals surface area (Å²) in [5.74, 6) is 0.240. The Morgan fingerprint density at radius 2 is 1.83 bits per heavy atom. The number of rotatable bonds is 1. The lowest BCUT2D eigenvalue weighted by atomic mass is 10.1. The van der Waals surface area contributed by atoms with Gasteiger partial charge in [0.05, 0.1) is 17.5 Å². The van der Waals surface area contributed by atoms with Crippen LogP contribution < -0.4 is 4.90 Å². The third kappa shape index (κ3) is 1.97. The second-order valence-electron chi connectivity index (χ2n) is 4.85. The molecular formula is C12H12BrNO3S. The Morgan fingerprint density at radius 1 is 1.17 bits per heavy atom. The zero-order chi connectivity index (χ0) is 12.9. The third-order valence-corrected chi connectivity index (χ3v) is 5.89. The molecule has 0 aromatic heterocycles. The lowest BCUT2D eigenvalue weighted by molar-refractivity contribution is -0.117. The maximum atomic E-state index is 12.0. The number of halogens is 1. The molecule has 1 aromatic carbocycles. The minimum absolute atomic E-state index is 0.0298. The number of hydrogen-bond acceptors (Lipinski definition) is 3. The van der Waals surface area contributed by atoms with Gasteiger partial charge >= 0.3 is 0 Å². The Kier molecular flexibility index (Phi) is 2.75. The van der Waals surface area contributed by atoms with E-state index >= 15 is 0 Å². The summed E-state index contributed by atoms with van der Waals surface area (Å²) in [6.45, 7) is 0. The average molecular weight is 330 g/mol. The van der Waals surface area contributed by atoms with Gasteiger partial charge in [-0.15, -0.1) is 0 Å². The van der Waals surface area contributed by atoms with Gasteiger partial charge in [-0.05, 0) is 24.3 Å². The van der Waals surface area contributed by atoms with Gasteiger partial charge in [-0.2, -0.15) is 0 Å². The highest BCUT2D eigenvalue weighted by atomic mass is 79.9. The van der Waals surface area contributed by atoms with Crippen molar-refractivity contribution in [3.8, 4) is 0 Å². The number of benzene rings is 1. The van der Waals surface area contributed by atoms with Crippen molar-refractivity contribution in [3.05, 3.63) is 28.7 Å². The first-order valence-corrected chi connectivity index (χ1v) is 8.36. The van der Waals surface area contributed by atoms with Gasteiger partial charge in [-0.1, -0.05) is 15.9 Å². The molecule has 0 unspecified atom stereocenters. The fourth-order valence-corrected chi connectivity index (χ4v) is 5.16. The molecule has 0 saturated carbocycles. The summed E-state index contributed by atoms with van der Waals surface area (Å²) in [5, 5.41) is 0. The Bertz CT molecular complexity index is 596. The van der Waals surface area contributed by atoms with E-state index in [0.29, 0.717) is 6.42 Å². The zero-order valence-corrected chi connectivity index (χ0v) is 11.9. The molecule has 4 nitrogen and oxygen atoms in total. The summed E-state index contributed by atoms with van der Waals surface area (Å²) in [6.07, 6.45) is 0.347. The van der Waals surface area contributed by atoms with Crippen molar-refractivity contribution in [3.63, 3.8) is 0 Å². The van der Waals surface area contributed by atoms with Gasteiger partial charge in [-0.3, -0.25) is 4.79 Å². The summed E-state index contributed by atoms with van der Waals surface area (Å²) in [7, 11) is -2.98. The number of amides is 1. The molecule has 2 aliphatic rings. The molecule has 1 amide bonds. The molecule has 0 spiro atoms. The monoisotopic (exact) mass is 329 g/mol. The van der Waals surface area contributed by atoms with E-state index in [1.807, 2.05) is 24.3 Å². The van der Waals surface area contributed by atoms with Crippen molar-refractivity contribution in [2.24, 2.45) is 5.92 Å². The van der Waals surface area contributed by atoms with Crippen LogP contribution in [0, 0.1) is 5.92 Å². The smallest absolute Gasteiger partial charge is 0.227 e. The Labute approximate surface area is 114 Å². The van der Waals surface area contributed by atoms with Crippen LogP contribution in [-0.4, -0.2) is 31.9 Å². The summed E-state index contributed by atoms with van der Waals surface area (Å²) < 4.78 is 24.2. The molecule has 18 heavy (non-hydrogen) atoms. The highest BCUT2D eigenvalue weighted by Crippen LogP contribution is 2.37. The fourth-order valence-electron chi connectivity index (χ4n) is 2.83. The van der Waals surface area contributed by atoms with E-state index in [1.165, 1.54) is 0 Å². The predicted molar refractivity (Wildman–Crippen MR) is 72.2 cm³/mol. The van der Waals surface area contributed by atoms with Gasteiger partial charge in [0.25, 0.3) is 0 Å². The van der Waals surface area contributed by atoms with Gasteiger partial charge in [0.1, 0.15) is 0 Å². The second-order valence-corrected chi connectivity index (χ2v) is 7.92. The predicted octanol–water partition coefficient (Wildman–Crippen LogP) is 1.60. The van der Waals surface area contributed by atoms with Crippen molar-refractivity contribution in [2.75, 3.05) is 16.4 Å². The summed E-state index contributed by atoms with van der Waals surface area (Å²) in [6, 6.07) is 7.23. The molecule has 1 aromatic rings. The van der Waals surface area contributed by atoms with Crippen molar-refractivity contribution in [1.82, 2.24) is 0 Å². The van der Waals surface area contributed by atoms with Crippen molar-refractivity contribution in [2.45, 2.75) is 12.5 Å². The maximum absolute atomic E-state index is 12.0. The van der Waals surface area contributed by atoms with E-state index in [2.05, 4.69) is 15.9 Å². The Balaban J connectivity index is 1.96. The van der Waals surface area contributed by atoms with Crippen LogP contribution in [0.4, 0.5) is 5.69 Å². The largest absolute Gasteiger partial charge is 0.308 e. The number of sulfone groups is 1. The van der Waals surface area contributed by atoms with Gasteiger partial charge in [0.15, 0.2) is 9.84 Å². The van der Waals surface area contributed by atoms with Crippen molar-refractivity contribution < 1.29 is 13.2 Å². The minimum Gasteiger partial charge on any atom is -0.308 e. The summed E-state index contributed by atoms with van der Waals surface area (Å²) >= 11 is 3.34. The Morgan fingerprint density at radius 3 is 2.50 bits per heavy atom. The molecule has 6 heteroatoms. The Hall–Kier alpha value is -0.880. The summed E-state index contributed by atoms with van der Waals surface area (Å²) in [5.41, 5.74) is 0.785. The van der Waals surface area contributed by atoms with Crippen LogP contribution in [0.25, 0.3) is 0 Å². The normalized spacial score (nSPS) is 29.6. The van der Waals surface area contributed by atoms with E-state index in [9.17, 15) is 13.2 Å². The first kappa shape index (κ1) is 12.2. The van der Waals surface area contributed by atoms with Crippen molar-refractivity contribution in [1.29, 1.82) is 0 Å². The number of carbonyl (C=O) groups excluding carboxylic acids is 1. The maximum Gasteiger partial charge on any atom is 0.227 e. The third-order valence-electron chi connectivity index (χ3n) is 3.58. The molecule has 2 aliphatic heterocycles. The molecule has 0 bridgehead atoms. The molecule has 2 fully saturated rings. The van der Waals surface area contributed by atoms with Crippen LogP contribution in [0.1, 0.15) is 6.42 Å². The topological polar surface area (TPSA) is 54.5 Å². The second kappa shape index (κ2) is 4.06. The highest BCUT2D eigenvalue weighted by molar-refractivity contribution is 9.10. The molecule has 2 heterocycles. The first-order valence-electron chi connectivity index (χ1n) is 5.74. The number of carbonyl (C=O) groups is 1. The van der Waals surface area contributed by atoms with E-state index in [-0.39, 0.29) is 29.4 Å². The molecule has 2 atom stereocenters. The molecule has 0 radical (unpaired) electrons. The SMILES string of the molecule is O=C1C[C@H]2CS(=O)(=O)C[C@@H]2N1c1ccc(Br)cc1. The molecule has 3 rings (SSSR count). The number of fused-ring (bicyclic) bond motifs is 1. The van der Waals surface area contributed by atoms with E-state index in [0.717, 1.165) is 10.2 Å².